The minimum atomic E-state index is -0.624. The third kappa shape index (κ3) is 4.39. The largest absolute Gasteiger partial charge is 0.320 e. The van der Waals surface area contributed by atoms with Crippen LogP contribution in [0.3, 0.4) is 0 Å². The number of rotatable bonds is 6. The SMILES string of the molecule is CNCCC(c1cccc(F)c1)c1cccc(C(=O)N=[N+]=[N-])c1. The molecule has 0 aliphatic heterocycles. The van der Waals surface area contributed by atoms with Crippen molar-refractivity contribution >= 4 is 5.91 Å². The lowest BCUT2D eigenvalue weighted by Gasteiger charge is -2.18. The van der Waals surface area contributed by atoms with Gasteiger partial charge in [0, 0.05) is 16.4 Å². The van der Waals surface area contributed by atoms with Gasteiger partial charge in [-0.1, -0.05) is 30.3 Å². The molecule has 118 valence electrons. The van der Waals surface area contributed by atoms with E-state index in [0.29, 0.717) is 5.56 Å². The highest BCUT2D eigenvalue weighted by Crippen LogP contribution is 2.29. The molecule has 5 nitrogen and oxygen atoms in total. The minimum absolute atomic E-state index is 0.0584. The van der Waals surface area contributed by atoms with Crippen molar-refractivity contribution in [2.24, 2.45) is 5.11 Å². The van der Waals surface area contributed by atoms with E-state index in [-0.39, 0.29) is 11.7 Å². The summed E-state index contributed by atoms with van der Waals surface area (Å²) in [6.07, 6.45) is 0.749. The number of hydrogen-bond donors (Lipinski definition) is 1. The molecule has 0 fully saturated rings. The third-order valence-corrected chi connectivity index (χ3v) is 3.61. The Morgan fingerprint density at radius 3 is 2.61 bits per heavy atom. The van der Waals surface area contributed by atoms with Crippen molar-refractivity contribution in [3.05, 3.63) is 81.5 Å². The van der Waals surface area contributed by atoms with Crippen molar-refractivity contribution in [3.8, 4) is 0 Å². The zero-order chi connectivity index (χ0) is 16.7. The van der Waals surface area contributed by atoms with Crippen LogP contribution in [0.2, 0.25) is 0 Å². The summed E-state index contributed by atoms with van der Waals surface area (Å²) < 4.78 is 13.5. The molecule has 0 aliphatic rings. The van der Waals surface area contributed by atoms with Gasteiger partial charge in [-0.2, -0.15) is 0 Å². The molecule has 1 atom stereocenters. The Balaban J connectivity index is 2.41. The molecule has 0 aromatic heterocycles. The van der Waals surface area contributed by atoms with Gasteiger partial charge in [-0.15, -0.1) is 0 Å². The maximum Gasteiger partial charge on any atom is 0.249 e. The van der Waals surface area contributed by atoms with Crippen LogP contribution in [0.1, 0.15) is 33.8 Å². The number of nitrogens with zero attached hydrogens (tertiary/aromatic N) is 3. The Kier molecular flexibility index (Phi) is 5.86. The van der Waals surface area contributed by atoms with Crippen LogP contribution in [0.5, 0.6) is 0 Å². The highest BCUT2D eigenvalue weighted by atomic mass is 19.1. The average molecular weight is 312 g/mol. The maximum absolute atomic E-state index is 13.5. The summed E-state index contributed by atoms with van der Waals surface area (Å²) in [5, 5.41) is 6.20. The van der Waals surface area contributed by atoms with E-state index in [1.807, 2.05) is 19.2 Å². The minimum Gasteiger partial charge on any atom is -0.320 e. The zero-order valence-electron chi connectivity index (χ0n) is 12.7. The Labute approximate surface area is 133 Å². The summed E-state index contributed by atoms with van der Waals surface area (Å²) >= 11 is 0. The third-order valence-electron chi connectivity index (χ3n) is 3.61. The van der Waals surface area contributed by atoms with E-state index in [1.54, 1.807) is 24.3 Å². The molecule has 2 rings (SSSR count). The van der Waals surface area contributed by atoms with Crippen LogP contribution in [0.4, 0.5) is 4.39 Å². The second-order valence-electron chi connectivity index (χ2n) is 5.12. The van der Waals surface area contributed by atoms with Gasteiger partial charge in [-0.05, 0) is 60.0 Å². The van der Waals surface area contributed by atoms with E-state index >= 15 is 0 Å². The fraction of sp³-hybridized carbons (Fsp3) is 0.235. The van der Waals surface area contributed by atoms with Gasteiger partial charge in [-0.25, -0.2) is 4.39 Å². The predicted octanol–water partition coefficient (Wildman–Crippen LogP) is 4.02. The molecule has 0 radical (unpaired) electrons. The maximum atomic E-state index is 13.5. The molecule has 0 spiro atoms. The Morgan fingerprint density at radius 2 is 1.96 bits per heavy atom. The highest BCUT2D eigenvalue weighted by molar-refractivity contribution is 5.95. The van der Waals surface area contributed by atoms with Gasteiger partial charge in [0.2, 0.25) is 5.91 Å². The number of nitrogens with one attached hydrogen (secondary N) is 1. The molecule has 2 aromatic carbocycles. The summed E-state index contributed by atoms with van der Waals surface area (Å²) in [5.41, 5.74) is 10.4. The first-order valence-electron chi connectivity index (χ1n) is 7.25. The van der Waals surface area contributed by atoms with E-state index in [4.69, 9.17) is 5.53 Å². The molecule has 23 heavy (non-hydrogen) atoms. The van der Waals surface area contributed by atoms with E-state index in [2.05, 4.69) is 15.3 Å². The lowest BCUT2D eigenvalue weighted by atomic mass is 9.87. The molecular weight excluding hydrogens is 295 g/mol. The Bertz CT molecular complexity index is 741. The fourth-order valence-electron chi connectivity index (χ4n) is 2.52. The molecule has 0 aliphatic carbocycles. The Morgan fingerprint density at radius 1 is 1.26 bits per heavy atom. The second-order valence-corrected chi connectivity index (χ2v) is 5.12. The van der Waals surface area contributed by atoms with Gasteiger partial charge >= 0.3 is 0 Å². The quantitative estimate of drug-likeness (QED) is 0.497. The molecule has 1 unspecified atom stereocenters. The number of benzene rings is 2. The highest BCUT2D eigenvalue weighted by Gasteiger charge is 2.16. The van der Waals surface area contributed by atoms with Crippen LogP contribution in [0.15, 0.2) is 53.6 Å². The number of carbonyl (C=O) groups excluding carboxylic acids is 1. The molecular formula is C17H17FN4O. The smallest absolute Gasteiger partial charge is 0.249 e. The average Bonchev–Trinajstić information content (AvgIpc) is 2.56. The number of carbonyl (C=O) groups is 1. The van der Waals surface area contributed by atoms with Gasteiger partial charge in [0.25, 0.3) is 0 Å². The summed E-state index contributed by atoms with van der Waals surface area (Å²) in [6.45, 7) is 0.746. The summed E-state index contributed by atoms with van der Waals surface area (Å²) in [7, 11) is 1.85. The Hall–Kier alpha value is -2.69. The van der Waals surface area contributed by atoms with Crippen LogP contribution in [0, 0.1) is 5.82 Å². The standard InChI is InChI=1S/C17H17FN4O/c1-20-9-8-16(13-5-3-7-15(18)11-13)12-4-2-6-14(10-12)17(23)21-22-19/h2-7,10-11,16,20H,8-9H2,1H3. The summed E-state index contributed by atoms with van der Waals surface area (Å²) in [6, 6.07) is 13.4. The summed E-state index contributed by atoms with van der Waals surface area (Å²) in [5.74, 6) is -0.976. The number of azide groups is 1. The van der Waals surface area contributed by atoms with Gasteiger partial charge in [0.05, 0.1) is 0 Å². The topological polar surface area (TPSA) is 77.9 Å². The van der Waals surface area contributed by atoms with Gasteiger partial charge < -0.3 is 5.32 Å². The monoisotopic (exact) mass is 312 g/mol. The van der Waals surface area contributed by atoms with Crippen LogP contribution in [0.25, 0.3) is 10.4 Å². The number of hydrogen-bond acceptors (Lipinski definition) is 2. The van der Waals surface area contributed by atoms with Gasteiger partial charge in [-0.3, -0.25) is 4.79 Å². The molecule has 2 aromatic rings. The van der Waals surface area contributed by atoms with Crippen molar-refractivity contribution in [1.29, 1.82) is 0 Å². The van der Waals surface area contributed by atoms with E-state index in [1.165, 1.54) is 12.1 Å². The van der Waals surface area contributed by atoms with Gasteiger partial charge in [0.1, 0.15) is 5.82 Å². The molecule has 0 saturated carbocycles. The van der Waals surface area contributed by atoms with Crippen LogP contribution >= 0.6 is 0 Å². The van der Waals surface area contributed by atoms with Crippen molar-refractivity contribution in [2.75, 3.05) is 13.6 Å². The zero-order valence-corrected chi connectivity index (χ0v) is 12.7. The first-order valence-corrected chi connectivity index (χ1v) is 7.25. The lowest BCUT2D eigenvalue weighted by molar-refractivity contribution is 0.1000. The van der Waals surface area contributed by atoms with Crippen molar-refractivity contribution in [2.45, 2.75) is 12.3 Å². The van der Waals surface area contributed by atoms with E-state index < -0.39 is 5.91 Å². The molecule has 0 heterocycles. The van der Waals surface area contributed by atoms with E-state index in [9.17, 15) is 9.18 Å². The molecule has 6 heteroatoms. The number of halogens is 1. The fourth-order valence-corrected chi connectivity index (χ4v) is 2.52. The lowest BCUT2D eigenvalue weighted by Crippen LogP contribution is -2.13. The predicted molar refractivity (Wildman–Crippen MR) is 86.7 cm³/mol. The molecule has 1 amide bonds. The van der Waals surface area contributed by atoms with Crippen LogP contribution in [-0.4, -0.2) is 19.5 Å². The first kappa shape index (κ1) is 16.7. The van der Waals surface area contributed by atoms with Crippen LogP contribution in [-0.2, 0) is 0 Å². The van der Waals surface area contributed by atoms with Crippen molar-refractivity contribution < 1.29 is 9.18 Å². The molecule has 0 bridgehead atoms. The molecule has 1 N–H and O–H groups in total. The first-order chi connectivity index (χ1) is 11.2. The van der Waals surface area contributed by atoms with Gasteiger partial charge in [0.15, 0.2) is 0 Å². The summed E-state index contributed by atoms with van der Waals surface area (Å²) in [4.78, 5) is 14.3. The van der Waals surface area contributed by atoms with Crippen LogP contribution < -0.4 is 5.32 Å². The number of amides is 1. The second kappa shape index (κ2) is 8.08. The molecule has 0 saturated heterocycles. The normalized spacial score (nSPS) is 11.6. The van der Waals surface area contributed by atoms with E-state index in [0.717, 1.165) is 24.1 Å². The van der Waals surface area contributed by atoms with Crippen molar-refractivity contribution in [1.82, 2.24) is 5.32 Å². The van der Waals surface area contributed by atoms with Crippen molar-refractivity contribution in [3.63, 3.8) is 0 Å².